The van der Waals surface area contributed by atoms with Crippen molar-refractivity contribution in [1.29, 1.82) is 0 Å². The molecule has 7 nitrogen and oxygen atoms in total. The number of nitrogens with zero attached hydrogens (tertiary/aromatic N) is 4. The molecule has 0 bridgehead atoms. The molecular weight excluding hydrogens is 528 g/mol. The standard InChI is InChI=1S/C27H30N4O3S2.ClH/c1-20-10-8-13-24-25(20)28-27(35-24)31(19-9-18-29(2)3)26(32)21-14-16-23(17-15-21)36(33,34)30(4)22-11-6-5-7-12-22;/h5-8,10-17H,9,18-19H2,1-4H3;1H. The zero-order chi connectivity index (χ0) is 25.9. The van der Waals surface area contributed by atoms with Crippen LogP contribution < -0.4 is 9.21 Å². The van der Waals surface area contributed by atoms with E-state index in [0.29, 0.717) is 22.9 Å². The van der Waals surface area contributed by atoms with E-state index in [-0.39, 0.29) is 23.2 Å². The van der Waals surface area contributed by atoms with Crippen molar-refractivity contribution in [3.05, 3.63) is 83.9 Å². The highest BCUT2D eigenvalue weighted by atomic mass is 35.5. The van der Waals surface area contributed by atoms with Gasteiger partial charge >= 0.3 is 0 Å². The molecule has 0 aliphatic heterocycles. The van der Waals surface area contributed by atoms with Gasteiger partial charge in [-0.3, -0.25) is 14.0 Å². The average Bonchev–Trinajstić information content (AvgIpc) is 3.31. The van der Waals surface area contributed by atoms with Gasteiger partial charge in [0.05, 0.1) is 20.8 Å². The lowest BCUT2D eigenvalue weighted by Crippen LogP contribution is -2.33. The zero-order valence-electron chi connectivity index (χ0n) is 21.3. The Balaban J connectivity index is 0.00000380. The summed E-state index contributed by atoms with van der Waals surface area (Å²) in [6, 6.07) is 21.0. The fourth-order valence-corrected chi connectivity index (χ4v) is 6.14. The first-order valence-electron chi connectivity index (χ1n) is 11.7. The first-order chi connectivity index (χ1) is 17.2. The summed E-state index contributed by atoms with van der Waals surface area (Å²) in [5.41, 5.74) is 2.94. The smallest absolute Gasteiger partial charge is 0.264 e. The van der Waals surface area contributed by atoms with Gasteiger partial charge in [-0.15, -0.1) is 12.4 Å². The molecule has 0 aliphatic rings. The molecule has 0 atom stereocenters. The Hall–Kier alpha value is -2.98. The molecule has 0 radical (unpaired) electrons. The number of fused-ring (bicyclic) bond motifs is 1. The van der Waals surface area contributed by atoms with Gasteiger partial charge in [-0.25, -0.2) is 13.4 Å². The van der Waals surface area contributed by atoms with Gasteiger partial charge in [0.1, 0.15) is 0 Å². The topological polar surface area (TPSA) is 73.8 Å². The Kier molecular flexibility index (Phi) is 9.31. The Morgan fingerprint density at radius 2 is 1.57 bits per heavy atom. The van der Waals surface area contributed by atoms with Crippen molar-refractivity contribution in [3.63, 3.8) is 0 Å². The molecule has 1 heterocycles. The van der Waals surface area contributed by atoms with E-state index in [1.807, 2.05) is 45.3 Å². The van der Waals surface area contributed by atoms with Crippen LogP contribution in [0.3, 0.4) is 0 Å². The lowest BCUT2D eigenvalue weighted by atomic mass is 10.2. The van der Waals surface area contributed by atoms with Crippen LogP contribution in [0.15, 0.2) is 77.7 Å². The second-order valence-corrected chi connectivity index (χ2v) is 11.8. The van der Waals surface area contributed by atoms with E-state index in [1.165, 1.54) is 34.8 Å². The molecule has 0 saturated carbocycles. The van der Waals surface area contributed by atoms with Gasteiger partial charge in [0, 0.05) is 19.2 Å². The van der Waals surface area contributed by atoms with Crippen LogP contribution >= 0.6 is 23.7 Å². The van der Waals surface area contributed by atoms with Crippen molar-refractivity contribution in [2.75, 3.05) is 43.4 Å². The lowest BCUT2D eigenvalue weighted by molar-refractivity contribution is 0.0986. The van der Waals surface area contributed by atoms with Gasteiger partial charge in [-0.2, -0.15) is 0 Å². The Morgan fingerprint density at radius 3 is 2.19 bits per heavy atom. The van der Waals surface area contributed by atoms with Gasteiger partial charge in [0.25, 0.3) is 15.9 Å². The fourth-order valence-electron chi connectivity index (χ4n) is 3.88. The molecule has 4 aromatic rings. The van der Waals surface area contributed by atoms with E-state index in [4.69, 9.17) is 4.98 Å². The summed E-state index contributed by atoms with van der Waals surface area (Å²) >= 11 is 1.49. The molecule has 37 heavy (non-hydrogen) atoms. The van der Waals surface area contributed by atoms with Crippen LogP contribution in [0.5, 0.6) is 0 Å². The van der Waals surface area contributed by atoms with Gasteiger partial charge < -0.3 is 4.90 Å². The molecule has 0 spiro atoms. The second-order valence-electron chi connectivity index (χ2n) is 8.86. The number of sulfonamides is 1. The predicted molar refractivity (Wildman–Crippen MR) is 155 cm³/mol. The molecular formula is C27H31ClN4O3S2. The molecule has 0 fully saturated rings. The number of aromatic nitrogens is 1. The Labute approximate surface area is 228 Å². The molecule has 4 rings (SSSR count). The number of hydrogen-bond acceptors (Lipinski definition) is 6. The molecule has 1 amide bonds. The summed E-state index contributed by atoms with van der Waals surface area (Å²) in [4.78, 5) is 22.3. The largest absolute Gasteiger partial charge is 0.309 e. The minimum Gasteiger partial charge on any atom is -0.309 e. The number of carbonyl (C=O) groups is 1. The molecule has 0 N–H and O–H groups in total. The maximum Gasteiger partial charge on any atom is 0.264 e. The van der Waals surface area contributed by atoms with Crippen LogP contribution in [0.4, 0.5) is 10.8 Å². The van der Waals surface area contributed by atoms with Crippen molar-refractivity contribution < 1.29 is 13.2 Å². The number of halogens is 1. The molecule has 3 aromatic carbocycles. The molecule has 10 heteroatoms. The highest BCUT2D eigenvalue weighted by molar-refractivity contribution is 7.92. The first kappa shape index (κ1) is 28.6. The average molecular weight is 559 g/mol. The zero-order valence-corrected chi connectivity index (χ0v) is 23.7. The van der Waals surface area contributed by atoms with E-state index < -0.39 is 10.0 Å². The van der Waals surface area contributed by atoms with E-state index >= 15 is 0 Å². The van der Waals surface area contributed by atoms with Gasteiger partial charge in [0.2, 0.25) is 0 Å². The summed E-state index contributed by atoms with van der Waals surface area (Å²) in [6.07, 6.45) is 0.780. The number of rotatable bonds is 9. The third-order valence-corrected chi connectivity index (χ3v) is 8.80. The van der Waals surface area contributed by atoms with Crippen molar-refractivity contribution in [2.24, 2.45) is 0 Å². The van der Waals surface area contributed by atoms with Crippen LogP contribution in [-0.2, 0) is 10.0 Å². The number of aryl methyl sites for hydroxylation is 1. The number of hydrogen-bond donors (Lipinski definition) is 0. The first-order valence-corrected chi connectivity index (χ1v) is 13.9. The number of para-hydroxylation sites is 2. The third kappa shape index (κ3) is 6.30. The number of carbonyl (C=O) groups excluding carboxylic acids is 1. The molecule has 0 saturated heterocycles. The Bertz CT molecular complexity index is 1460. The maximum absolute atomic E-state index is 13.6. The number of thiazole rings is 1. The molecule has 0 aliphatic carbocycles. The van der Waals surface area contributed by atoms with Crippen molar-refractivity contribution in [3.8, 4) is 0 Å². The lowest BCUT2D eigenvalue weighted by Gasteiger charge is -2.22. The minimum absolute atomic E-state index is 0. The van der Waals surface area contributed by atoms with E-state index in [1.54, 1.807) is 41.3 Å². The van der Waals surface area contributed by atoms with Crippen LogP contribution in [0.1, 0.15) is 22.3 Å². The predicted octanol–water partition coefficient (Wildman–Crippen LogP) is 5.45. The SMILES string of the molecule is Cc1cccc2sc(N(CCCN(C)C)C(=O)c3ccc(S(=O)(=O)N(C)c4ccccc4)cc3)nc12.Cl. The summed E-state index contributed by atoms with van der Waals surface area (Å²) in [5, 5.41) is 0.642. The number of amides is 1. The van der Waals surface area contributed by atoms with Crippen LogP contribution in [0.25, 0.3) is 10.2 Å². The summed E-state index contributed by atoms with van der Waals surface area (Å²) in [7, 11) is 1.76. The minimum atomic E-state index is -3.76. The van der Waals surface area contributed by atoms with Crippen LogP contribution in [-0.4, -0.2) is 58.4 Å². The number of benzene rings is 3. The Morgan fingerprint density at radius 1 is 0.892 bits per heavy atom. The summed E-state index contributed by atoms with van der Waals surface area (Å²) < 4.78 is 28.5. The highest BCUT2D eigenvalue weighted by Crippen LogP contribution is 2.32. The van der Waals surface area contributed by atoms with Crippen molar-refractivity contribution >= 4 is 60.7 Å². The normalized spacial score (nSPS) is 11.4. The molecule has 1 aromatic heterocycles. The van der Waals surface area contributed by atoms with Crippen LogP contribution in [0, 0.1) is 6.92 Å². The highest BCUT2D eigenvalue weighted by Gasteiger charge is 2.24. The third-order valence-electron chi connectivity index (χ3n) is 5.95. The van der Waals surface area contributed by atoms with Gasteiger partial charge in [0.15, 0.2) is 5.13 Å². The van der Waals surface area contributed by atoms with E-state index in [2.05, 4.69) is 4.90 Å². The molecule has 196 valence electrons. The van der Waals surface area contributed by atoms with E-state index in [0.717, 1.165) is 28.7 Å². The van der Waals surface area contributed by atoms with Crippen LogP contribution in [0.2, 0.25) is 0 Å². The van der Waals surface area contributed by atoms with Crippen molar-refractivity contribution in [1.82, 2.24) is 9.88 Å². The maximum atomic E-state index is 13.6. The van der Waals surface area contributed by atoms with Gasteiger partial charge in [-0.05, 0) is 82.0 Å². The number of anilines is 2. The second kappa shape index (κ2) is 12.0. The molecule has 0 unspecified atom stereocenters. The summed E-state index contributed by atoms with van der Waals surface area (Å²) in [6.45, 7) is 3.35. The summed E-state index contributed by atoms with van der Waals surface area (Å²) in [5.74, 6) is -0.203. The van der Waals surface area contributed by atoms with Crippen molar-refractivity contribution in [2.45, 2.75) is 18.2 Å². The monoisotopic (exact) mass is 558 g/mol. The quantitative estimate of drug-likeness (QED) is 0.273. The van der Waals surface area contributed by atoms with Gasteiger partial charge in [-0.1, -0.05) is 41.7 Å². The fraction of sp³-hybridized carbons (Fsp3) is 0.259. The van der Waals surface area contributed by atoms with E-state index in [9.17, 15) is 13.2 Å².